The minimum absolute atomic E-state index is 0.00769. The second kappa shape index (κ2) is 4.14. The molecule has 94 valence electrons. The number of benzene rings is 1. The number of nitrogens with one attached hydrogen (secondary N) is 1. The summed E-state index contributed by atoms with van der Waals surface area (Å²) in [6.07, 6.45) is 2.61. The van der Waals surface area contributed by atoms with Crippen LogP contribution in [-0.2, 0) is 24.7 Å². The van der Waals surface area contributed by atoms with E-state index >= 15 is 0 Å². The Kier molecular flexibility index (Phi) is 2.59. The van der Waals surface area contributed by atoms with Crippen molar-refractivity contribution in [2.24, 2.45) is 18.8 Å². The zero-order valence-electron chi connectivity index (χ0n) is 10.4. The standard InChI is InChI=1S/C14H17N3O/c1-17-12-5-3-2-4-10(12)11-8-9(14(18)16-15)6-7-13(11)17/h2-5,9H,6-8,15H2,1H3,(H,16,18). The maximum atomic E-state index is 11.7. The summed E-state index contributed by atoms with van der Waals surface area (Å²) in [5, 5.41) is 1.27. The van der Waals surface area contributed by atoms with Crippen LogP contribution in [0.5, 0.6) is 0 Å². The van der Waals surface area contributed by atoms with Crippen LogP contribution < -0.4 is 11.3 Å². The fraction of sp³-hybridized carbons (Fsp3) is 0.357. The van der Waals surface area contributed by atoms with Crippen molar-refractivity contribution in [2.45, 2.75) is 19.3 Å². The second-order valence-electron chi connectivity index (χ2n) is 4.95. The summed E-state index contributed by atoms with van der Waals surface area (Å²) in [5.41, 5.74) is 6.19. The molecule has 2 aromatic rings. The summed E-state index contributed by atoms with van der Waals surface area (Å²) < 4.78 is 2.25. The topological polar surface area (TPSA) is 60.0 Å². The van der Waals surface area contributed by atoms with Gasteiger partial charge in [-0.05, 0) is 30.9 Å². The average molecular weight is 243 g/mol. The quantitative estimate of drug-likeness (QED) is 0.450. The van der Waals surface area contributed by atoms with E-state index in [4.69, 9.17) is 5.84 Å². The number of carbonyl (C=O) groups excluding carboxylic acids is 1. The number of nitrogens with zero attached hydrogens (tertiary/aromatic N) is 1. The highest BCUT2D eigenvalue weighted by Gasteiger charge is 2.27. The molecular formula is C14H17N3O. The van der Waals surface area contributed by atoms with E-state index in [0.29, 0.717) is 0 Å². The van der Waals surface area contributed by atoms with E-state index in [1.165, 1.54) is 22.2 Å². The number of amides is 1. The first kappa shape index (κ1) is 11.3. The Morgan fingerprint density at radius 3 is 3.00 bits per heavy atom. The van der Waals surface area contributed by atoms with E-state index in [1.807, 2.05) is 0 Å². The number of hydrazine groups is 1. The third-order valence-electron chi connectivity index (χ3n) is 4.04. The molecule has 0 bridgehead atoms. The number of carbonyl (C=O) groups is 1. The second-order valence-corrected chi connectivity index (χ2v) is 4.95. The molecule has 3 N–H and O–H groups in total. The fourth-order valence-corrected chi connectivity index (χ4v) is 3.07. The van der Waals surface area contributed by atoms with Crippen LogP contribution in [0, 0.1) is 5.92 Å². The van der Waals surface area contributed by atoms with E-state index in [0.717, 1.165) is 19.3 Å². The van der Waals surface area contributed by atoms with Gasteiger partial charge in [0.2, 0.25) is 5.91 Å². The van der Waals surface area contributed by atoms with Gasteiger partial charge in [-0.25, -0.2) is 5.84 Å². The van der Waals surface area contributed by atoms with E-state index in [9.17, 15) is 4.79 Å². The molecule has 4 nitrogen and oxygen atoms in total. The molecule has 1 aromatic heterocycles. The van der Waals surface area contributed by atoms with Crippen LogP contribution in [0.25, 0.3) is 10.9 Å². The van der Waals surface area contributed by atoms with Crippen LogP contribution in [0.15, 0.2) is 24.3 Å². The zero-order chi connectivity index (χ0) is 12.7. The molecule has 1 unspecified atom stereocenters. The normalized spacial score (nSPS) is 18.7. The first-order valence-corrected chi connectivity index (χ1v) is 6.28. The van der Waals surface area contributed by atoms with Crippen LogP contribution in [0.2, 0.25) is 0 Å². The van der Waals surface area contributed by atoms with Crippen LogP contribution in [0.1, 0.15) is 17.7 Å². The maximum absolute atomic E-state index is 11.7. The van der Waals surface area contributed by atoms with Gasteiger partial charge in [0.1, 0.15) is 0 Å². The van der Waals surface area contributed by atoms with Gasteiger partial charge in [-0.2, -0.15) is 0 Å². The summed E-state index contributed by atoms with van der Waals surface area (Å²) in [6, 6.07) is 8.37. The largest absolute Gasteiger partial charge is 0.347 e. The highest BCUT2D eigenvalue weighted by Crippen LogP contribution is 2.33. The van der Waals surface area contributed by atoms with Crippen molar-refractivity contribution in [3.8, 4) is 0 Å². The maximum Gasteiger partial charge on any atom is 0.237 e. The number of hydrogen-bond donors (Lipinski definition) is 2. The molecule has 1 heterocycles. The van der Waals surface area contributed by atoms with Crippen LogP contribution in [-0.4, -0.2) is 10.5 Å². The SMILES string of the molecule is Cn1c2c(c3ccccc31)CC(C(=O)NN)CC2. The Balaban J connectivity index is 2.10. The summed E-state index contributed by atoms with van der Waals surface area (Å²) >= 11 is 0. The molecular weight excluding hydrogens is 226 g/mol. The summed E-state index contributed by atoms with van der Waals surface area (Å²) in [4.78, 5) is 11.7. The van der Waals surface area contributed by atoms with Gasteiger partial charge in [-0.1, -0.05) is 18.2 Å². The number of aryl methyl sites for hydroxylation is 1. The minimum Gasteiger partial charge on any atom is -0.347 e. The molecule has 1 atom stereocenters. The average Bonchev–Trinajstić information content (AvgIpc) is 2.72. The summed E-state index contributed by atoms with van der Waals surface area (Å²) in [5.74, 6) is 5.20. The van der Waals surface area contributed by atoms with Crippen molar-refractivity contribution in [1.82, 2.24) is 9.99 Å². The molecule has 0 aliphatic heterocycles. The molecule has 0 spiro atoms. The molecule has 1 aromatic carbocycles. The van der Waals surface area contributed by atoms with E-state index in [2.05, 4.69) is 41.3 Å². The number of para-hydroxylation sites is 1. The van der Waals surface area contributed by atoms with E-state index in [1.54, 1.807) is 0 Å². The molecule has 3 rings (SSSR count). The van der Waals surface area contributed by atoms with Gasteiger partial charge in [0, 0.05) is 29.6 Å². The number of fused-ring (bicyclic) bond motifs is 3. The van der Waals surface area contributed by atoms with Gasteiger partial charge in [0.05, 0.1) is 0 Å². The molecule has 0 saturated heterocycles. The zero-order valence-corrected chi connectivity index (χ0v) is 10.4. The smallest absolute Gasteiger partial charge is 0.237 e. The molecule has 4 heteroatoms. The molecule has 0 fully saturated rings. The lowest BCUT2D eigenvalue weighted by molar-refractivity contribution is -0.125. The highest BCUT2D eigenvalue weighted by atomic mass is 16.2. The van der Waals surface area contributed by atoms with Gasteiger partial charge < -0.3 is 4.57 Å². The summed E-state index contributed by atoms with van der Waals surface area (Å²) in [6.45, 7) is 0. The lowest BCUT2D eigenvalue weighted by Crippen LogP contribution is -2.38. The highest BCUT2D eigenvalue weighted by molar-refractivity contribution is 5.87. The number of hydrogen-bond acceptors (Lipinski definition) is 2. The number of aromatic nitrogens is 1. The first-order chi connectivity index (χ1) is 8.72. The van der Waals surface area contributed by atoms with Crippen LogP contribution >= 0.6 is 0 Å². The molecule has 0 saturated carbocycles. The lowest BCUT2D eigenvalue weighted by atomic mass is 9.86. The number of rotatable bonds is 1. The van der Waals surface area contributed by atoms with Crippen molar-refractivity contribution in [2.75, 3.05) is 0 Å². The first-order valence-electron chi connectivity index (χ1n) is 6.28. The van der Waals surface area contributed by atoms with Gasteiger partial charge in [0.25, 0.3) is 0 Å². The predicted octanol–water partition coefficient (Wildman–Crippen LogP) is 1.27. The molecule has 1 aliphatic carbocycles. The Hall–Kier alpha value is -1.81. The Morgan fingerprint density at radius 1 is 1.44 bits per heavy atom. The van der Waals surface area contributed by atoms with Crippen molar-refractivity contribution < 1.29 is 4.79 Å². The molecule has 1 aliphatic rings. The number of nitrogens with two attached hydrogens (primary N) is 1. The monoisotopic (exact) mass is 243 g/mol. The Morgan fingerprint density at radius 2 is 2.22 bits per heavy atom. The van der Waals surface area contributed by atoms with Gasteiger partial charge in [0.15, 0.2) is 0 Å². The minimum atomic E-state index is -0.0476. The molecule has 0 radical (unpaired) electrons. The third-order valence-corrected chi connectivity index (χ3v) is 4.04. The van der Waals surface area contributed by atoms with Crippen molar-refractivity contribution >= 4 is 16.8 Å². The lowest BCUT2D eigenvalue weighted by Gasteiger charge is -2.21. The Bertz CT molecular complexity index is 615. The summed E-state index contributed by atoms with van der Waals surface area (Å²) in [7, 11) is 2.10. The van der Waals surface area contributed by atoms with E-state index in [-0.39, 0.29) is 11.8 Å². The third kappa shape index (κ3) is 1.53. The predicted molar refractivity (Wildman–Crippen MR) is 70.8 cm³/mol. The van der Waals surface area contributed by atoms with Crippen molar-refractivity contribution in [3.05, 3.63) is 35.5 Å². The molecule has 1 amide bonds. The van der Waals surface area contributed by atoms with Gasteiger partial charge >= 0.3 is 0 Å². The van der Waals surface area contributed by atoms with Gasteiger partial charge in [-0.3, -0.25) is 10.2 Å². The Labute approximate surface area is 106 Å². The van der Waals surface area contributed by atoms with Crippen molar-refractivity contribution in [1.29, 1.82) is 0 Å². The van der Waals surface area contributed by atoms with Gasteiger partial charge in [-0.15, -0.1) is 0 Å². The van der Waals surface area contributed by atoms with Crippen molar-refractivity contribution in [3.63, 3.8) is 0 Å². The van der Waals surface area contributed by atoms with E-state index < -0.39 is 0 Å². The van der Waals surface area contributed by atoms with Crippen LogP contribution in [0.4, 0.5) is 0 Å². The fourth-order valence-electron chi connectivity index (χ4n) is 3.07. The van der Waals surface area contributed by atoms with Crippen LogP contribution in [0.3, 0.4) is 0 Å². The molecule has 18 heavy (non-hydrogen) atoms.